The zero-order chi connectivity index (χ0) is 18.2. The van der Waals surface area contributed by atoms with E-state index < -0.39 is 0 Å². The molecule has 128 valence electrons. The summed E-state index contributed by atoms with van der Waals surface area (Å²) in [7, 11) is 0. The van der Waals surface area contributed by atoms with Crippen LogP contribution in [0.1, 0.15) is 19.4 Å². The highest BCUT2D eigenvalue weighted by molar-refractivity contribution is 5.83. The molecule has 0 saturated heterocycles. The molecule has 0 unspecified atom stereocenters. The Balaban J connectivity index is 0.000000165. The van der Waals surface area contributed by atoms with E-state index in [1.807, 2.05) is 56.4 Å². The second-order valence-corrected chi connectivity index (χ2v) is 5.39. The molecule has 25 heavy (non-hydrogen) atoms. The van der Waals surface area contributed by atoms with Crippen molar-refractivity contribution in [3.8, 4) is 0 Å². The van der Waals surface area contributed by atoms with Gasteiger partial charge in [-0.25, -0.2) is 4.98 Å². The van der Waals surface area contributed by atoms with E-state index in [2.05, 4.69) is 35.1 Å². The molecule has 0 aliphatic rings. The minimum absolute atomic E-state index is 0.535. The van der Waals surface area contributed by atoms with Gasteiger partial charge in [-0.05, 0) is 55.5 Å². The number of benzene rings is 2. The van der Waals surface area contributed by atoms with Crippen molar-refractivity contribution in [3.05, 3.63) is 72.4 Å². The second-order valence-electron chi connectivity index (χ2n) is 5.39. The first-order valence-electron chi connectivity index (χ1n) is 8.35. The third kappa shape index (κ3) is 4.91. The number of anilines is 2. The molecular formula is C21H24N4. The largest absolute Gasteiger partial charge is 0.399 e. The summed E-state index contributed by atoms with van der Waals surface area (Å²) in [5.74, 6) is 0.535. The summed E-state index contributed by atoms with van der Waals surface area (Å²) in [4.78, 5) is 8.36. The number of aromatic nitrogens is 2. The van der Waals surface area contributed by atoms with Gasteiger partial charge in [0.05, 0.1) is 11.0 Å². The maximum absolute atomic E-state index is 5.60. The number of nitrogen functional groups attached to an aromatic ring is 2. The number of hydrogen-bond donors (Lipinski definition) is 2. The maximum Gasteiger partial charge on any atom is 0.124 e. The third-order valence-corrected chi connectivity index (χ3v) is 3.49. The van der Waals surface area contributed by atoms with E-state index in [-0.39, 0.29) is 0 Å². The highest BCUT2D eigenvalue weighted by Gasteiger charge is 1.95. The van der Waals surface area contributed by atoms with Crippen molar-refractivity contribution in [2.24, 2.45) is 0 Å². The smallest absolute Gasteiger partial charge is 0.124 e. The van der Waals surface area contributed by atoms with E-state index in [0.29, 0.717) is 5.82 Å². The van der Waals surface area contributed by atoms with Crippen LogP contribution in [0.2, 0.25) is 0 Å². The number of rotatable bonds is 0. The number of nitrogens with zero attached hydrogens (tertiary/aromatic N) is 2. The Kier molecular flexibility index (Phi) is 6.29. The van der Waals surface area contributed by atoms with Crippen LogP contribution in [0, 0.1) is 6.92 Å². The lowest BCUT2D eigenvalue weighted by molar-refractivity contribution is 1.39. The van der Waals surface area contributed by atoms with Crippen molar-refractivity contribution in [2.75, 3.05) is 11.5 Å². The van der Waals surface area contributed by atoms with Gasteiger partial charge in [0, 0.05) is 22.7 Å². The highest BCUT2D eigenvalue weighted by Crippen LogP contribution is 2.16. The van der Waals surface area contributed by atoms with Crippen molar-refractivity contribution in [1.82, 2.24) is 9.97 Å². The zero-order valence-corrected chi connectivity index (χ0v) is 14.9. The van der Waals surface area contributed by atoms with Crippen LogP contribution in [-0.4, -0.2) is 9.97 Å². The van der Waals surface area contributed by atoms with Crippen LogP contribution < -0.4 is 11.5 Å². The van der Waals surface area contributed by atoms with Gasteiger partial charge in [0.2, 0.25) is 0 Å². The molecule has 4 aromatic rings. The minimum atomic E-state index is 0.535. The van der Waals surface area contributed by atoms with Crippen LogP contribution in [0.25, 0.3) is 21.8 Å². The lowest BCUT2D eigenvalue weighted by atomic mass is 10.1. The Bertz CT molecular complexity index is 923. The van der Waals surface area contributed by atoms with Crippen LogP contribution in [0.4, 0.5) is 11.5 Å². The summed E-state index contributed by atoms with van der Waals surface area (Å²) in [6, 6.07) is 19.5. The Morgan fingerprint density at radius 3 is 2.28 bits per heavy atom. The van der Waals surface area contributed by atoms with Gasteiger partial charge in [-0.1, -0.05) is 31.5 Å². The Morgan fingerprint density at radius 2 is 1.48 bits per heavy atom. The van der Waals surface area contributed by atoms with Gasteiger partial charge >= 0.3 is 0 Å². The molecule has 2 heterocycles. The fourth-order valence-electron chi connectivity index (χ4n) is 2.35. The van der Waals surface area contributed by atoms with Crippen LogP contribution in [-0.2, 0) is 0 Å². The predicted octanol–water partition coefficient (Wildman–Crippen LogP) is 4.97. The summed E-state index contributed by atoms with van der Waals surface area (Å²) < 4.78 is 0. The van der Waals surface area contributed by atoms with Gasteiger partial charge in [-0.15, -0.1) is 0 Å². The first-order chi connectivity index (χ1) is 12.1. The van der Waals surface area contributed by atoms with Gasteiger partial charge in [-0.2, -0.15) is 0 Å². The second kappa shape index (κ2) is 8.64. The lowest BCUT2D eigenvalue weighted by Gasteiger charge is -1.98. The molecule has 0 fully saturated rings. The van der Waals surface area contributed by atoms with Crippen molar-refractivity contribution < 1.29 is 0 Å². The lowest BCUT2D eigenvalue weighted by Crippen LogP contribution is -1.90. The molecule has 0 saturated carbocycles. The molecule has 0 radical (unpaired) electrons. The van der Waals surface area contributed by atoms with Crippen molar-refractivity contribution in [1.29, 1.82) is 0 Å². The SMILES string of the molecule is CC.Cc1ccc2ncccc2c1.Nc1ccc2nc(N)ccc2c1. The van der Waals surface area contributed by atoms with Gasteiger partial charge in [0.1, 0.15) is 5.82 Å². The quantitative estimate of drug-likeness (QED) is 0.446. The van der Waals surface area contributed by atoms with E-state index in [1.54, 1.807) is 6.07 Å². The van der Waals surface area contributed by atoms with Crippen molar-refractivity contribution in [3.63, 3.8) is 0 Å². The molecule has 0 amide bonds. The van der Waals surface area contributed by atoms with Crippen LogP contribution in [0.3, 0.4) is 0 Å². The topological polar surface area (TPSA) is 77.8 Å². The first kappa shape index (κ1) is 18.2. The Hall–Kier alpha value is -3.14. The number of fused-ring (bicyclic) bond motifs is 2. The molecule has 0 spiro atoms. The van der Waals surface area contributed by atoms with E-state index in [0.717, 1.165) is 22.1 Å². The van der Waals surface area contributed by atoms with Crippen molar-refractivity contribution in [2.45, 2.75) is 20.8 Å². The van der Waals surface area contributed by atoms with Crippen molar-refractivity contribution >= 4 is 33.3 Å². The van der Waals surface area contributed by atoms with E-state index >= 15 is 0 Å². The minimum Gasteiger partial charge on any atom is -0.399 e. The average Bonchev–Trinajstić information content (AvgIpc) is 2.64. The molecule has 4 nitrogen and oxygen atoms in total. The highest BCUT2D eigenvalue weighted by atomic mass is 14.8. The summed E-state index contributed by atoms with van der Waals surface area (Å²) in [5.41, 5.74) is 15.1. The molecule has 0 atom stereocenters. The summed E-state index contributed by atoms with van der Waals surface area (Å²) >= 11 is 0. The Morgan fingerprint density at radius 1 is 0.760 bits per heavy atom. The van der Waals surface area contributed by atoms with Gasteiger partial charge in [-0.3, -0.25) is 4.98 Å². The molecule has 2 aromatic carbocycles. The predicted molar refractivity (Wildman–Crippen MR) is 108 cm³/mol. The Labute approximate surface area is 148 Å². The van der Waals surface area contributed by atoms with Gasteiger partial charge in [0.15, 0.2) is 0 Å². The number of pyridine rings is 2. The first-order valence-corrected chi connectivity index (χ1v) is 8.35. The number of nitrogens with two attached hydrogens (primary N) is 2. The molecular weight excluding hydrogens is 308 g/mol. The average molecular weight is 332 g/mol. The van der Waals surface area contributed by atoms with E-state index in [4.69, 9.17) is 11.5 Å². The van der Waals surface area contributed by atoms with Crippen LogP contribution in [0.15, 0.2) is 66.9 Å². The molecule has 2 aromatic heterocycles. The fourth-order valence-corrected chi connectivity index (χ4v) is 2.35. The van der Waals surface area contributed by atoms with Crippen LogP contribution in [0.5, 0.6) is 0 Å². The monoisotopic (exact) mass is 332 g/mol. The molecule has 0 aliphatic carbocycles. The molecule has 4 rings (SSSR count). The van der Waals surface area contributed by atoms with E-state index in [9.17, 15) is 0 Å². The van der Waals surface area contributed by atoms with Crippen LogP contribution >= 0.6 is 0 Å². The summed E-state index contributed by atoms with van der Waals surface area (Å²) in [6.45, 7) is 6.09. The van der Waals surface area contributed by atoms with Gasteiger partial charge in [0.25, 0.3) is 0 Å². The maximum atomic E-state index is 5.60. The van der Waals surface area contributed by atoms with Gasteiger partial charge < -0.3 is 11.5 Å². The number of hydrogen-bond acceptors (Lipinski definition) is 4. The molecule has 4 N–H and O–H groups in total. The van der Waals surface area contributed by atoms with E-state index in [1.165, 1.54) is 10.9 Å². The summed E-state index contributed by atoms with van der Waals surface area (Å²) in [5, 5.41) is 2.23. The molecule has 0 aliphatic heterocycles. The standard InChI is InChI=1S/C10H9N.C9H9N3.C2H6/c1-8-4-5-10-9(7-8)3-2-6-11-10;10-7-2-3-8-6(5-7)1-4-9(11)12-8;1-2/h2-7H,1H3;1-5H,10H2,(H2,11,12);1-2H3. The number of aryl methyl sites for hydroxylation is 1. The zero-order valence-electron chi connectivity index (χ0n) is 14.9. The normalized spacial score (nSPS) is 9.72. The third-order valence-electron chi connectivity index (χ3n) is 3.49. The summed E-state index contributed by atoms with van der Waals surface area (Å²) in [6.07, 6.45) is 1.82. The fraction of sp³-hybridized carbons (Fsp3) is 0.143. The molecule has 4 heteroatoms. The molecule has 0 bridgehead atoms.